The van der Waals surface area contributed by atoms with Crippen LogP contribution in [0.5, 0.6) is 0 Å². The molecule has 110 valence electrons. The van der Waals surface area contributed by atoms with Crippen molar-refractivity contribution in [3.63, 3.8) is 0 Å². The molecule has 1 saturated carbocycles. The van der Waals surface area contributed by atoms with Gasteiger partial charge in [-0.1, -0.05) is 19.3 Å². The lowest BCUT2D eigenvalue weighted by Gasteiger charge is -2.22. The number of rotatable bonds is 3. The second-order valence-electron chi connectivity index (χ2n) is 5.91. The summed E-state index contributed by atoms with van der Waals surface area (Å²) in [6.07, 6.45) is 5.63. The molecule has 1 aliphatic heterocycles. The third-order valence-electron chi connectivity index (χ3n) is 4.41. The van der Waals surface area contributed by atoms with Crippen molar-refractivity contribution in [1.82, 2.24) is 4.98 Å². The van der Waals surface area contributed by atoms with Crippen LogP contribution in [0, 0.1) is 0 Å². The standard InChI is InChI=1S/C14H19NO4S/c16-13(17)6-10-11-7-20(18,19)8-12(11)15-14(10)9-4-2-1-3-5-9/h9,15H,1-8H2,(H,16,17). The van der Waals surface area contributed by atoms with Gasteiger partial charge in [-0.2, -0.15) is 0 Å². The predicted octanol–water partition coefficient (Wildman–Crippen LogP) is 2.12. The lowest BCUT2D eigenvalue weighted by molar-refractivity contribution is -0.136. The first-order valence-electron chi connectivity index (χ1n) is 7.11. The molecule has 5 nitrogen and oxygen atoms in total. The van der Waals surface area contributed by atoms with E-state index in [0.29, 0.717) is 5.92 Å². The van der Waals surface area contributed by atoms with Crippen LogP contribution in [0.3, 0.4) is 0 Å². The molecule has 0 amide bonds. The summed E-state index contributed by atoms with van der Waals surface area (Å²) in [4.78, 5) is 14.3. The zero-order valence-corrected chi connectivity index (χ0v) is 12.1. The maximum atomic E-state index is 11.7. The molecule has 0 unspecified atom stereocenters. The van der Waals surface area contributed by atoms with Gasteiger partial charge < -0.3 is 10.1 Å². The van der Waals surface area contributed by atoms with Gasteiger partial charge in [0.1, 0.15) is 0 Å². The number of carboxylic acids is 1. The fourth-order valence-electron chi connectivity index (χ4n) is 3.54. The van der Waals surface area contributed by atoms with E-state index in [1.54, 1.807) is 0 Å². The zero-order chi connectivity index (χ0) is 14.3. The number of hydrogen-bond acceptors (Lipinski definition) is 3. The van der Waals surface area contributed by atoms with Gasteiger partial charge in [-0.3, -0.25) is 4.79 Å². The molecule has 2 N–H and O–H groups in total. The van der Waals surface area contributed by atoms with E-state index < -0.39 is 15.8 Å². The monoisotopic (exact) mass is 297 g/mol. The molecule has 0 bridgehead atoms. The smallest absolute Gasteiger partial charge is 0.307 e. The molecular formula is C14H19NO4S. The van der Waals surface area contributed by atoms with E-state index in [9.17, 15) is 13.2 Å². The number of aliphatic carboxylic acids is 1. The van der Waals surface area contributed by atoms with Crippen molar-refractivity contribution in [1.29, 1.82) is 0 Å². The third kappa shape index (κ3) is 2.49. The highest BCUT2D eigenvalue weighted by Crippen LogP contribution is 2.39. The summed E-state index contributed by atoms with van der Waals surface area (Å²) >= 11 is 0. The zero-order valence-electron chi connectivity index (χ0n) is 11.3. The van der Waals surface area contributed by atoms with Crippen LogP contribution in [-0.4, -0.2) is 24.5 Å². The number of sulfone groups is 1. The molecule has 1 fully saturated rings. The van der Waals surface area contributed by atoms with Crippen LogP contribution in [-0.2, 0) is 32.6 Å². The number of hydrogen-bond donors (Lipinski definition) is 2. The van der Waals surface area contributed by atoms with E-state index in [-0.39, 0.29) is 17.9 Å². The van der Waals surface area contributed by atoms with E-state index in [0.717, 1.165) is 35.4 Å². The summed E-state index contributed by atoms with van der Waals surface area (Å²) in [5.74, 6) is -0.505. The molecule has 3 rings (SSSR count). The first-order valence-corrected chi connectivity index (χ1v) is 8.93. The summed E-state index contributed by atoms with van der Waals surface area (Å²) < 4.78 is 23.4. The molecule has 1 aromatic rings. The van der Waals surface area contributed by atoms with Crippen molar-refractivity contribution in [2.45, 2.75) is 55.9 Å². The third-order valence-corrected chi connectivity index (χ3v) is 5.87. The van der Waals surface area contributed by atoms with Gasteiger partial charge in [0.05, 0.1) is 17.9 Å². The van der Waals surface area contributed by atoms with Gasteiger partial charge in [-0.25, -0.2) is 8.42 Å². The highest BCUT2D eigenvalue weighted by Gasteiger charge is 2.33. The van der Waals surface area contributed by atoms with Crippen LogP contribution in [0.15, 0.2) is 0 Å². The van der Waals surface area contributed by atoms with Crippen molar-refractivity contribution in [3.8, 4) is 0 Å². The van der Waals surface area contributed by atoms with Gasteiger partial charge in [-0.15, -0.1) is 0 Å². The quantitative estimate of drug-likeness (QED) is 0.894. The Morgan fingerprint density at radius 2 is 1.90 bits per heavy atom. The second-order valence-corrected chi connectivity index (χ2v) is 7.98. The number of aromatic nitrogens is 1. The first-order chi connectivity index (χ1) is 9.46. The SMILES string of the molecule is O=C(O)Cc1c(C2CCCCC2)[nH]c2c1CS(=O)(=O)C2. The van der Waals surface area contributed by atoms with Crippen LogP contribution in [0.2, 0.25) is 0 Å². The minimum atomic E-state index is -3.09. The fraction of sp³-hybridized carbons (Fsp3) is 0.643. The molecule has 2 aliphatic rings. The average Bonchev–Trinajstić information content (AvgIpc) is 2.84. The Morgan fingerprint density at radius 3 is 2.55 bits per heavy atom. The lowest BCUT2D eigenvalue weighted by atomic mass is 9.84. The Balaban J connectivity index is 2.00. The Kier molecular flexibility index (Phi) is 3.36. The van der Waals surface area contributed by atoms with Gasteiger partial charge in [0.2, 0.25) is 0 Å². The Bertz CT molecular complexity index is 638. The van der Waals surface area contributed by atoms with Gasteiger partial charge in [0.25, 0.3) is 0 Å². The minimum Gasteiger partial charge on any atom is -0.481 e. The fourth-order valence-corrected chi connectivity index (χ4v) is 5.12. The van der Waals surface area contributed by atoms with Gasteiger partial charge >= 0.3 is 5.97 Å². The molecule has 20 heavy (non-hydrogen) atoms. The van der Waals surface area contributed by atoms with E-state index in [4.69, 9.17) is 5.11 Å². The number of H-pyrrole nitrogens is 1. The van der Waals surface area contributed by atoms with E-state index in [1.807, 2.05) is 0 Å². The van der Waals surface area contributed by atoms with E-state index in [1.165, 1.54) is 19.3 Å². The van der Waals surface area contributed by atoms with Crippen LogP contribution in [0.4, 0.5) is 0 Å². The number of carboxylic acid groups (broad SMARTS) is 1. The molecule has 0 atom stereocenters. The number of carbonyl (C=O) groups is 1. The van der Waals surface area contributed by atoms with Crippen molar-refractivity contribution >= 4 is 15.8 Å². The highest BCUT2D eigenvalue weighted by atomic mass is 32.2. The van der Waals surface area contributed by atoms with Crippen LogP contribution >= 0.6 is 0 Å². The molecule has 0 saturated heterocycles. The molecule has 1 aliphatic carbocycles. The average molecular weight is 297 g/mol. The second kappa shape index (κ2) is 4.91. The predicted molar refractivity (Wildman–Crippen MR) is 74.3 cm³/mol. The maximum Gasteiger partial charge on any atom is 0.307 e. The Hall–Kier alpha value is -1.30. The van der Waals surface area contributed by atoms with Crippen LogP contribution in [0.1, 0.15) is 60.5 Å². The van der Waals surface area contributed by atoms with Crippen LogP contribution < -0.4 is 0 Å². The number of aromatic amines is 1. The van der Waals surface area contributed by atoms with Gasteiger partial charge in [0, 0.05) is 11.4 Å². The topological polar surface area (TPSA) is 87.2 Å². The number of nitrogens with one attached hydrogen (secondary N) is 1. The van der Waals surface area contributed by atoms with Crippen molar-refractivity contribution < 1.29 is 18.3 Å². The molecule has 2 heterocycles. The van der Waals surface area contributed by atoms with Gasteiger partial charge in [0.15, 0.2) is 9.84 Å². The van der Waals surface area contributed by atoms with Gasteiger partial charge in [-0.05, 0) is 29.9 Å². The minimum absolute atomic E-state index is 0.00579. The molecule has 1 aromatic heterocycles. The normalized spacial score (nSPS) is 21.8. The lowest BCUT2D eigenvalue weighted by Crippen LogP contribution is -2.11. The summed E-state index contributed by atoms with van der Waals surface area (Å²) in [5.41, 5.74) is 3.18. The largest absolute Gasteiger partial charge is 0.481 e. The van der Waals surface area contributed by atoms with Crippen molar-refractivity contribution in [2.75, 3.05) is 0 Å². The molecule has 0 aromatic carbocycles. The summed E-state index contributed by atoms with van der Waals surface area (Å²) in [6, 6.07) is 0. The molecule has 6 heteroatoms. The van der Waals surface area contributed by atoms with E-state index >= 15 is 0 Å². The molecule has 0 radical (unpaired) electrons. The number of fused-ring (bicyclic) bond motifs is 1. The van der Waals surface area contributed by atoms with Crippen LogP contribution in [0.25, 0.3) is 0 Å². The Morgan fingerprint density at radius 1 is 1.20 bits per heavy atom. The molecule has 0 spiro atoms. The Labute approximate surface area is 118 Å². The summed E-state index contributed by atoms with van der Waals surface area (Å²) in [5, 5.41) is 9.11. The summed E-state index contributed by atoms with van der Waals surface area (Å²) in [7, 11) is -3.09. The molecular weight excluding hydrogens is 278 g/mol. The van der Waals surface area contributed by atoms with Crippen molar-refractivity contribution in [2.24, 2.45) is 0 Å². The summed E-state index contributed by atoms with van der Waals surface area (Å²) in [6.45, 7) is 0. The first kappa shape index (κ1) is 13.7. The van der Waals surface area contributed by atoms with Crippen molar-refractivity contribution in [3.05, 3.63) is 22.5 Å². The maximum absolute atomic E-state index is 11.7. The van der Waals surface area contributed by atoms with E-state index in [2.05, 4.69) is 4.98 Å². The highest BCUT2D eigenvalue weighted by molar-refractivity contribution is 7.90.